The maximum absolute atomic E-state index is 6.93. The maximum Gasteiger partial charge on any atom is 0.221 e. The Morgan fingerprint density at radius 2 is 1.52 bits per heavy atom. The van der Waals surface area contributed by atoms with Crippen molar-refractivity contribution in [2.24, 2.45) is 0 Å². The Hall–Kier alpha value is -6.67. The van der Waals surface area contributed by atoms with Crippen LogP contribution in [0.4, 0.5) is 0 Å². The molecule has 0 radical (unpaired) electrons. The molecule has 10 aromatic rings. The number of nitrogens with zero attached hydrogens (tertiary/aromatic N) is 6. The molecule has 0 aliphatic carbocycles. The molecule has 5 aromatic heterocycles. The van der Waals surface area contributed by atoms with E-state index in [1.54, 1.807) is 0 Å². The topological polar surface area (TPSA) is 75.3 Å². The second-order valence-electron chi connectivity index (χ2n) is 17.1. The molecule has 58 heavy (non-hydrogen) atoms. The standard InChI is InChI=1S/C50H46N6O2/c1-29(2)36-15-12-16-37(30(3)4)46(36)32-27-52-54(28-32)34-24-39-38-14-9-10-18-43(38)58-48(39)44(25-34)57-35-19-20-40-42(26-35)56(45-23-33(21-22-51-45)50(6,7)8)49-53-47-31(5)13-11-17-41(47)55(40)49/h9-30H,1-8H3. The molecule has 8 heteroatoms. The number of ether oxygens (including phenoxy) is 1. The van der Waals surface area contributed by atoms with Gasteiger partial charge in [0.2, 0.25) is 5.78 Å². The summed E-state index contributed by atoms with van der Waals surface area (Å²) in [5.41, 5.74) is 13.6. The molecule has 288 valence electrons. The molecule has 5 aromatic carbocycles. The van der Waals surface area contributed by atoms with Crippen molar-refractivity contribution in [1.29, 1.82) is 0 Å². The molecule has 0 atom stereocenters. The van der Waals surface area contributed by atoms with E-state index in [0.717, 1.165) is 66.8 Å². The minimum absolute atomic E-state index is 0.0607. The van der Waals surface area contributed by atoms with E-state index in [-0.39, 0.29) is 5.41 Å². The van der Waals surface area contributed by atoms with Crippen LogP contribution in [0.1, 0.15) is 82.6 Å². The molecule has 0 N–H and O–H groups in total. The van der Waals surface area contributed by atoms with Crippen molar-refractivity contribution >= 4 is 49.8 Å². The highest BCUT2D eigenvalue weighted by Gasteiger charge is 2.23. The highest BCUT2D eigenvalue weighted by molar-refractivity contribution is 6.07. The molecule has 0 fully saturated rings. The Kier molecular flexibility index (Phi) is 8.13. The van der Waals surface area contributed by atoms with E-state index in [2.05, 4.69) is 143 Å². The van der Waals surface area contributed by atoms with Crippen LogP contribution in [0.25, 0.3) is 72.4 Å². The summed E-state index contributed by atoms with van der Waals surface area (Å²) in [5.74, 6) is 3.60. The molecule has 0 saturated carbocycles. The number of hydrogen-bond acceptors (Lipinski definition) is 5. The lowest BCUT2D eigenvalue weighted by Crippen LogP contribution is -2.12. The zero-order valence-electron chi connectivity index (χ0n) is 34.2. The van der Waals surface area contributed by atoms with Gasteiger partial charge in [0, 0.05) is 40.9 Å². The van der Waals surface area contributed by atoms with Gasteiger partial charge < -0.3 is 9.15 Å². The van der Waals surface area contributed by atoms with Gasteiger partial charge in [-0.1, -0.05) is 97.0 Å². The lowest BCUT2D eigenvalue weighted by Gasteiger charge is -2.19. The van der Waals surface area contributed by atoms with Crippen molar-refractivity contribution in [3.05, 3.63) is 144 Å². The molecule has 0 aliphatic rings. The number of hydrogen-bond donors (Lipinski definition) is 0. The summed E-state index contributed by atoms with van der Waals surface area (Å²) in [7, 11) is 0. The summed E-state index contributed by atoms with van der Waals surface area (Å²) in [6.07, 6.45) is 6.01. The smallest absolute Gasteiger partial charge is 0.221 e. The number of pyridine rings is 1. The Morgan fingerprint density at radius 1 is 0.741 bits per heavy atom. The predicted octanol–water partition coefficient (Wildman–Crippen LogP) is 13.2. The Morgan fingerprint density at radius 3 is 2.29 bits per heavy atom. The zero-order valence-corrected chi connectivity index (χ0v) is 34.2. The van der Waals surface area contributed by atoms with E-state index in [0.29, 0.717) is 28.9 Å². The minimum atomic E-state index is -0.0607. The van der Waals surface area contributed by atoms with Crippen LogP contribution >= 0.6 is 0 Å². The SMILES string of the molecule is Cc1cccc2c1nc1n(-c3cc(C(C)(C)C)ccn3)c3cc(Oc4cc(-n5cc(-c6c(C(C)C)cccc6C(C)C)cn5)cc5c4oc4ccccc45)ccc3n21. The highest BCUT2D eigenvalue weighted by atomic mass is 16.5. The van der Waals surface area contributed by atoms with Gasteiger partial charge in [-0.25, -0.2) is 14.6 Å². The van der Waals surface area contributed by atoms with E-state index < -0.39 is 0 Å². The fourth-order valence-electron chi connectivity index (χ4n) is 8.48. The van der Waals surface area contributed by atoms with Crippen LogP contribution in [0.3, 0.4) is 0 Å². The molecular weight excluding hydrogens is 717 g/mol. The van der Waals surface area contributed by atoms with Crippen LogP contribution in [0.5, 0.6) is 11.5 Å². The van der Waals surface area contributed by atoms with Crippen LogP contribution in [-0.4, -0.2) is 28.7 Å². The molecule has 8 nitrogen and oxygen atoms in total. The van der Waals surface area contributed by atoms with Crippen molar-refractivity contribution in [3.8, 4) is 34.1 Å². The summed E-state index contributed by atoms with van der Waals surface area (Å²) in [6, 6.07) is 35.8. The molecule has 10 rings (SSSR count). The fourth-order valence-corrected chi connectivity index (χ4v) is 8.48. The van der Waals surface area contributed by atoms with Gasteiger partial charge in [0.1, 0.15) is 17.2 Å². The second-order valence-corrected chi connectivity index (χ2v) is 17.1. The van der Waals surface area contributed by atoms with Crippen molar-refractivity contribution in [2.45, 2.75) is 72.6 Å². The third-order valence-corrected chi connectivity index (χ3v) is 11.5. The Labute approximate surface area is 337 Å². The third-order valence-electron chi connectivity index (χ3n) is 11.5. The van der Waals surface area contributed by atoms with E-state index in [4.69, 9.17) is 24.2 Å². The van der Waals surface area contributed by atoms with Gasteiger partial charge in [0.15, 0.2) is 11.3 Å². The van der Waals surface area contributed by atoms with E-state index in [1.807, 2.05) is 47.4 Å². The first-order valence-electron chi connectivity index (χ1n) is 20.1. The Balaban J connectivity index is 1.15. The largest absolute Gasteiger partial charge is 0.453 e. The van der Waals surface area contributed by atoms with Gasteiger partial charge in [-0.15, -0.1) is 0 Å². The minimum Gasteiger partial charge on any atom is -0.453 e. The van der Waals surface area contributed by atoms with Crippen molar-refractivity contribution in [1.82, 2.24) is 28.7 Å². The van der Waals surface area contributed by atoms with Crippen LogP contribution in [0.2, 0.25) is 0 Å². The lowest BCUT2D eigenvalue weighted by molar-refractivity contribution is 0.476. The maximum atomic E-state index is 6.93. The zero-order chi connectivity index (χ0) is 40.0. The molecule has 5 heterocycles. The molecule has 0 amide bonds. The number of imidazole rings is 2. The van der Waals surface area contributed by atoms with Crippen molar-refractivity contribution < 1.29 is 9.15 Å². The highest BCUT2D eigenvalue weighted by Crippen LogP contribution is 2.42. The monoisotopic (exact) mass is 762 g/mol. The number of fused-ring (bicyclic) bond motifs is 8. The van der Waals surface area contributed by atoms with Crippen molar-refractivity contribution in [3.63, 3.8) is 0 Å². The molecule has 0 bridgehead atoms. The molecule has 0 unspecified atom stereocenters. The number of rotatable bonds is 7. The summed E-state index contributed by atoms with van der Waals surface area (Å²) in [4.78, 5) is 10.1. The van der Waals surface area contributed by atoms with Gasteiger partial charge in [-0.05, 0) is 94.5 Å². The second kappa shape index (κ2) is 13.2. The molecule has 0 spiro atoms. The van der Waals surface area contributed by atoms with Gasteiger partial charge in [-0.3, -0.25) is 8.97 Å². The predicted molar refractivity (Wildman–Crippen MR) is 235 cm³/mol. The number of benzene rings is 5. The fraction of sp³-hybridized carbons (Fsp3) is 0.220. The number of furan rings is 1. The average Bonchev–Trinajstić information content (AvgIpc) is 3.99. The summed E-state index contributed by atoms with van der Waals surface area (Å²) in [5, 5.41) is 6.93. The van der Waals surface area contributed by atoms with Crippen LogP contribution in [-0.2, 0) is 5.41 Å². The van der Waals surface area contributed by atoms with Crippen LogP contribution in [0, 0.1) is 6.92 Å². The molecular formula is C50H46N6O2. The normalized spacial score (nSPS) is 12.4. The van der Waals surface area contributed by atoms with Gasteiger partial charge in [-0.2, -0.15) is 5.10 Å². The number of para-hydroxylation sites is 2. The Bertz CT molecular complexity index is 3190. The van der Waals surface area contributed by atoms with Gasteiger partial charge in [0.05, 0.1) is 34.0 Å². The van der Waals surface area contributed by atoms with E-state index in [9.17, 15) is 0 Å². The quantitative estimate of drug-likeness (QED) is 0.162. The van der Waals surface area contributed by atoms with E-state index in [1.165, 1.54) is 22.3 Å². The van der Waals surface area contributed by atoms with Crippen LogP contribution < -0.4 is 4.74 Å². The number of aromatic nitrogens is 6. The number of aryl methyl sites for hydroxylation is 1. The summed E-state index contributed by atoms with van der Waals surface area (Å²) < 4.78 is 19.8. The lowest BCUT2D eigenvalue weighted by atomic mass is 9.86. The van der Waals surface area contributed by atoms with Gasteiger partial charge in [0.25, 0.3) is 0 Å². The van der Waals surface area contributed by atoms with Gasteiger partial charge >= 0.3 is 0 Å². The first-order valence-corrected chi connectivity index (χ1v) is 20.1. The summed E-state index contributed by atoms with van der Waals surface area (Å²) >= 11 is 0. The first kappa shape index (κ1) is 35.7. The third kappa shape index (κ3) is 5.69. The molecule has 0 saturated heterocycles. The van der Waals surface area contributed by atoms with Crippen LogP contribution in [0.15, 0.2) is 126 Å². The van der Waals surface area contributed by atoms with Crippen molar-refractivity contribution in [2.75, 3.05) is 0 Å². The summed E-state index contributed by atoms with van der Waals surface area (Å²) in [6.45, 7) is 17.8. The van der Waals surface area contributed by atoms with E-state index >= 15 is 0 Å². The first-order chi connectivity index (χ1) is 27.9. The average molecular weight is 763 g/mol. The molecule has 0 aliphatic heterocycles.